The van der Waals surface area contributed by atoms with Crippen LogP contribution >= 0.6 is 0 Å². The van der Waals surface area contributed by atoms with Crippen molar-refractivity contribution in [2.75, 3.05) is 0 Å². The molecule has 1 atom stereocenters. The van der Waals surface area contributed by atoms with E-state index in [1.165, 1.54) is 44.6 Å². The zero-order valence-electron chi connectivity index (χ0n) is 14.2. The van der Waals surface area contributed by atoms with Crippen LogP contribution in [0.3, 0.4) is 0 Å². The quantitative estimate of drug-likeness (QED) is 0.575. The molecule has 3 rings (SSSR count). The summed E-state index contributed by atoms with van der Waals surface area (Å²) in [5.74, 6) is 1.13. The van der Waals surface area contributed by atoms with E-state index in [-0.39, 0.29) is 0 Å². The van der Waals surface area contributed by atoms with Gasteiger partial charge in [-0.15, -0.1) is 0 Å². The van der Waals surface area contributed by atoms with Crippen molar-refractivity contribution in [1.29, 1.82) is 0 Å². The first-order valence-electron chi connectivity index (χ1n) is 9.32. The van der Waals surface area contributed by atoms with E-state index in [2.05, 4.69) is 13.0 Å². The number of hydrogen-bond acceptors (Lipinski definition) is 0. The summed E-state index contributed by atoms with van der Waals surface area (Å²) in [6.07, 6.45) is 13.4. The van der Waals surface area contributed by atoms with Crippen molar-refractivity contribution >= 4 is 5.57 Å². The standard InChI is InChI=1S/C21H28F2/c1-2-4-15-7-9-16(10-8-15)17-11-13-18(14-12-17)19-5-3-6-20(22)21(19)23/h3,5-6,13,15-17H,2,4,7-12,14H2,1H3/t15?,16?,17-/m0/s1. The van der Waals surface area contributed by atoms with Crippen molar-refractivity contribution in [3.8, 4) is 0 Å². The van der Waals surface area contributed by atoms with Crippen LogP contribution in [0.5, 0.6) is 0 Å². The van der Waals surface area contributed by atoms with E-state index in [9.17, 15) is 8.78 Å². The Kier molecular flexibility index (Phi) is 5.50. The van der Waals surface area contributed by atoms with Crippen LogP contribution in [0.2, 0.25) is 0 Å². The summed E-state index contributed by atoms with van der Waals surface area (Å²) in [4.78, 5) is 0. The maximum atomic E-state index is 13.9. The van der Waals surface area contributed by atoms with Gasteiger partial charge in [-0.2, -0.15) is 0 Å². The molecule has 23 heavy (non-hydrogen) atoms. The minimum Gasteiger partial charge on any atom is -0.204 e. The van der Waals surface area contributed by atoms with Gasteiger partial charge in [0.2, 0.25) is 0 Å². The lowest BCUT2D eigenvalue weighted by molar-refractivity contribution is 0.189. The third kappa shape index (κ3) is 3.84. The van der Waals surface area contributed by atoms with E-state index in [0.717, 1.165) is 42.6 Å². The summed E-state index contributed by atoms with van der Waals surface area (Å²) in [6, 6.07) is 4.51. The molecule has 1 aromatic rings. The van der Waals surface area contributed by atoms with Gasteiger partial charge in [-0.1, -0.05) is 50.8 Å². The molecule has 0 nitrogen and oxygen atoms in total. The van der Waals surface area contributed by atoms with Gasteiger partial charge >= 0.3 is 0 Å². The highest BCUT2D eigenvalue weighted by molar-refractivity contribution is 5.66. The van der Waals surface area contributed by atoms with E-state index < -0.39 is 11.6 Å². The second-order valence-electron chi connectivity index (χ2n) is 7.43. The van der Waals surface area contributed by atoms with E-state index >= 15 is 0 Å². The lowest BCUT2D eigenvalue weighted by Gasteiger charge is -2.35. The Morgan fingerprint density at radius 1 is 1.00 bits per heavy atom. The number of benzene rings is 1. The van der Waals surface area contributed by atoms with Crippen LogP contribution in [-0.2, 0) is 0 Å². The average molecular weight is 318 g/mol. The molecule has 0 aromatic heterocycles. The third-order valence-corrected chi connectivity index (χ3v) is 6.00. The molecule has 0 N–H and O–H groups in total. The molecule has 0 aliphatic heterocycles. The summed E-state index contributed by atoms with van der Waals surface area (Å²) in [5.41, 5.74) is 1.47. The Morgan fingerprint density at radius 3 is 2.43 bits per heavy atom. The molecule has 0 spiro atoms. The number of halogens is 2. The first kappa shape index (κ1) is 16.7. The van der Waals surface area contributed by atoms with Gasteiger partial charge in [-0.25, -0.2) is 8.78 Å². The van der Waals surface area contributed by atoms with Gasteiger partial charge in [-0.3, -0.25) is 0 Å². The zero-order chi connectivity index (χ0) is 16.2. The SMILES string of the molecule is CCCC1CCC([C@H]2CC=C(c3cccc(F)c3F)CC2)CC1. The fraction of sp³-hybridized carbons (Fsp3) is 0.619. The Balaban J connectivity index is 1.59. The average Bonchev–Trinajstić information content (AvgIpc) is 2.59. The smallest absolute Gasteiger partial charge is 0.166 e. The molecule has 1 fully saturated rings. The van der Waals surface area contributed by atoms with Gasteiger partial charge in [0, 0.05) is 5.56 Å². The molecule has 0 bridgehead atoms. The molecule has 1 aromatic carbocycles. The Hall–Kier alpha value is -1.18. The molecule has 126 valence electrons. The van der Waals surface area contributed by atoms with Crippen LogP contribution in [-0.4, -0.2) is 0 Å². The fourth-order valence-electron chi connectivity index (χ4n) is 4.64. The van der Waals surface area contributed by atoms with Gasteiger partial charge in [0.05, 0.1) is 0 Å². The van der Waals surface area contributed by atoms with Gasteiger partial charge in [-0.05, 0) is 61.5 Å². The van der Waals surface area contributed by atoms with Crippen LogP contribution in [0.25, 0.3) is 5.57 Å². The first-order valence-corrected chi connectivity index (χ1v) is 9.32. The molecule has 0 heterocycles. The van der Waals surface area contributed by atoms with Crippen LogP contribution in [0, 0.1) is 29.4 Å². The van der Waals surface area contributed by atoms with Crippen molar-refractivity contribution in [1.82, 2.24) is 0 Å². The maximum Gasteiger partial charge on any atom is 0.166 e. The lowest BCUT2D eigenvalue weighted by atomic mass is 9.70. The Labute approximate surface area is 139 Å². The predicted octanol–water partition coefficient (Wildman–Crippen LogP) is 6.75. The maximum absolute atomic E-state index is 13.9. The third-order valence-electron chi connectivity index (χ3n) is 6.00. The highest BCUT2D eigenvalue weighted by Gasteiger charge is 2.29. The van der Waals surface area contributed by atoms with Crippen LogP contribution in [0.4, 0.5) is 8.78 Å². The second kappa shape index (κ2) is 7.59. The molecule has 2 heteroatoms. The summed E-state index contributed by atoms with van der Waals surface area (Å²) in [6.45, 7) is 2.28. The Bertz CT molecular complexity index is 553. The number of rotatable bonds is 4. The summed E-state index contributed by atoms with van der Waals surface area (Å²) in [5, 5.41) is 0. The normalized spacial score (nSPS) is 28.5. The van der Waals surface area contributed by atoms with Crippen LogP contribution in [0.1, 0.15) is 70.3 Å². The molecule has 2 aliphatic carbocycles. The Morgan fingerprint density at radius 2 is 1.78 bits per heavy atom. The van der Waals surface area contributed by atoms with Gasteiger partial charge in [0.1, 0.15) is 0 Å². The monoisotopic (exact) mass is 318 g/mol. The number of allylic oxidation sites excluding steroid dienone is 2. The van der Waals surface area contributed by atoms with Crippen LogP contribution in [0.15, 0.2) is 24.3 Å². The topological polar surface area (TPSA) is 0 Å². The van der Waals surface area contributed by atoms with Crippen molar-refractivity contribution < 1.29 is 8.78 Å². The summed E-state index contributed by atoms with van der Waals surface area (Å²) >= 11 is 0. The molecular formula is C21H28F2. The molecule has 2 aliphatic rings. The second-order valence-corrected chi connectivity index (χ2v) is 7.43. The molecule has 0 unspecified atom stereocenters. The van der Waals surface area contributed by atoms with Gasteiger partial charge in [0.25, 0.3) is 0 Å². The van der Waals surface area contributed by atoms with Crippen LogP contribution < -0.4 is 0 Å². The van der Waals surface area contributed by atoms with Gasteiger partial charge in [0.15, 0.2) is 11.6 Å². The summed E-state index contributed by atoms with van der Waals surface area (Å²) in [7, 11) is 0. The summed E-state index contributed by atoms with van der Waals surface area (Å²) < 4.78 is 27.3. The van der Waals surface area contributed by atoms with E-state index in [1.54, 1.807) is 12.1 Å². The molecular weight excluding hydrogens is 290 g/mol. The lowest BCUT2D eigenvalue weighted by Crippen LogP contribution is -2.23. The first-order chi connectivity index (χ1) is 11.2. The minimum absolute atomic E-state index is 0.468. The van der Waals surface area contributed by atoms with Crippen molar-refractivity contribution in [2.24, 2.45) is 17.8 Å². The van der Waals surface area contributed by atoms with Gasteiger partial charge < -0.3 is 0 Å². The molecule has 1 saturated carbocycles. The van der Waals surface area contributed by atoms with E-state index in [1.807, 2.05) is 0 Å². The fourth-order valence-corrected chi connectivity index (χ4v) is 4.64. The van der Waals surface area contributed by atoms with Crippen molar-refractivity contribution in [3.05, 3.63) is 41.5 Å². The van der Waals surface area contributed by atoms with Crippen molar-refractivity contribution in [2.45, 2.75) is 64.7 Å². The minimum atomic E-state index is -0.736. The predicted molar refractivity (Wildman–Crippen MR) is 92.0 cm³/mol. The molecule has 0 saturated heterocycles. The largest absolute Gasteiger partial charge is 0.204 e. The molecule has 0 amide bonds. The van der Waals surface area contributed by atoms with E-state index in [0.29, 0.717) is 5.56 Å². The van der Waals surface area contributed by atoms with Crippen molar-refractivity contribution in [3.63, 3.8) is 0 Å². The molecule has 0 radical (unpaired) electrons. The van der Waals surface area contributed by atoms with E-state index in [4.69, 9.17) is 0 Å². The zero-order valence-corrected chi connectivity index (χ0v) is 14.2. The highest BCUT2D eigenvalue weighted by atomic mass is 19.2. The number of hydrogen-bond donors (Lipinski definition) is 0. The highest BCUT2D eigenvalue weighted by Crippen LogP contribution is 2.42.